The average molecular weight is 782 g/mol. The third kappa shape index (κ3) is 14.2. The molecule has 0 saturated heterocycles. The molecule has 4 amide bonds. The zero-order valence-corrected chi connectivity index (χ0v) is 31.0. The highest BCUT2D eigenvalue weighted by Crippen LogP contribution is 2.24. The fourth-order valence-electron chi connectivity index (χ4n) is 5.48. The van der Waals surface area contributed by atoms with Crippen molar-refractivity contribution in [3.8, 4) is 5.75 Å². The Labute approximate surface area is 328 Å². The van der Waals surface area contributed by atoms with E-state index in [4.69, 9.17) is 24.7 Å². The van der Waals surface area contributed by atoms with E-state index in [1.54, 1.807) is 72.8 Å². The van der Waals surface area contributed by atoms with E-state index in [9.17, 15) is 34.1 Å². The minimum Gasteiger partial charge on any atom is -0.445 e. The van der Waals surface area contributed by atoms with E-state index in [2.05, 4.69) is 17.2 Å². The highest BCUT2D eigenvalue weighted by atomic mass is 16.7. The first kappa shape index (κ1) is 42.5. The minimum atomic E-state index is -1.21. The van der Waals surface area contributed by atoms with Crippen LogP contribution < -0.4 is 26.0 Å². The number of amides is 4. The molecule has 4 rings (SSSR count). The third-order valence-electron chi connectivity index (χ3n) is 8.29. The maximum atomic E-state index is 14.7. The van der Waals surface area contributed by atoms with Gasteiger partial charge in [0, 0.05) is 30.8 Å². The number of nitro benzene ring substituents is 1. The quantitative estimate of drug-likeness (QED) is 0.0176. The van der Waals surface area contributed by atoms with Crippen LogP contribution in [-0.2, 0) is 43.4 Å². The summed E-state index contributed by atoms with van der Waals surface area (Å²) >= 11 is 0. The number of benzene rings is 4. The van der Waals surface area contributed by atoms with E-state index in [0.717, 1.165) is 11.1 Å². The van der Waals surface area contributed by atoms with Crippen molar-refractivity contribution in [2.45, 2.75) is 51.0 Å². The molecule has 16 nitrogen and oxygen atoms in total. The molecular formula is C41H43N5O11. The first-order valence-corrected chi connectivity index (χ1v) is 17.9. The third-order valence-corrected chi connectivity index (χ3v) is 8.29. The van der Waals surface area contributed by atoms with Gasteiger partial charge in [-0.05, 0) is 60.2 Å². The van der Waals surface area contributed by atoms with Gasteiger partial charge in [-0.15, -0.1) is 0 Å². The summed E-state index contributed by atoms with van der Waals surface area (Å²) in [5, 5.41) is 16.2. The molecule has 0 saturated carbocycles. The van der Waals surface area contributed by atoms with Gasteiger partial charge in [0.05, 0.1) is 4.92 Å². The predicted molar refractivity (Wildman–Crippen MR) is 208 cm³/mol. The lowest BCUT2D eigenvalue weighted by atomic mass is 10.0. The van der Waals surface area contributed by atoms with E-state index in [-0.39, 0.29) is 56.3 Å². The van der Waals surface area contributed by atoms with Crippen LogP contribution in [0.15, 0.2) is 122 Å². The van der Waals surface area contributed by atoms with Crippen LogP contribution in [0.5, 0.6) is 5.75 Å². The number of hydrogen-bond donors (Lipinski definition) is 3. The first-order chi connectivity index (χ1) is 27.5. The molecular weight excluding hydrogens is 738 g/mol. The van der Waals surface area contributed by atoms with E-state index in [1.807, 2.05) is 12.1 Å². The highest BCUT2D eigenvalue weighted by Gasteiger charge is 2.35. The molecule has 0 unspecified atom stereocenters. The molecule has 4 aromatic carbocycles. The predicted octanol–water partition coefficient (Wildman–Crippen LogP) is 6.12. The number of nitrogens with two attached hydrogens (primary N) is 1. The van der Waals surface area contributed by atoms with Crippen LogP contribution in [0.2, 0.25) is 0 Å². The lowest BCUT2D eigenvalue weighted by molar-refractivity contribution is -0.384. The molecule has 57 heavy (non-hydrogen) atoms. The maximum Gasteiger partial charge on any atom is 0.514 e. The Morgan fingerprint density at radius 3 is 2.00 bits per heavy atom. The molecule has 298 valence electrons. The molecule has 0 heterocycles. The van der Waals surface area contributed by atoms with Crippen LogP contribution in [0.4, 0.5) is 25.8 Å². The van der Waals surface area contributed by atoms with Crippen LogP contribution in [0, 0.1) is 10.1 Å². The number of non-ortho nitro benzene ring substituents is 1. The van der Waals surface area contributed by atoms with E-state index >= 15 is 0 Å². The van der Waals surface area contributed by atoms with Crippen molar-refractivity contribution in [3.05, 3.63) is 149 Å². The highest BCUT2D eigenvalue weighted by molar-refractivity contribution is 6.04. The Morgan fingerprint density at radius 2 is 1.39 bits per heavy atom. The van der Waals surface area contributed by atoms with Crippen molar-refractivity contribution in [2.75, 3.05) is 18.1 Å². The summed E-state index contributed by atoms with van der Waals surface area (Å²) in [4.78, 5) is 76.7. The molecule has 4 N–H and O–H groups in total. The Morgan fingerprint density at radius 1 is 0.772 bits per heavy atom. The number of hydrogen-bond acceptors (Lipinski definition) is 11. The van der Waals surface area contributed by atoms with E-state index in [1.165, 1.54) is 35.2 Å². The number of ether oxygens (including phenoxy) is 4. The maximum absolute atomic E-state index is 14.7. The lowest BCUT2D eigenvalue weighted by Crippen LogP contribution is -2.56. The lowest BCUT2D eigenvalue weighted by Gasteiger charge is -2.33. The van der Waals surface area contributed by atoms with Crippen LogP contribution in [0.25, 0.3) is 0 Å². The van der Waals surface area contributed by atoms with Crippen molar-refractivity contribution in [1.82, 2.24) is 10.6 Å². The summed E-state index contributed by atoms with van der Waals surface area (Å²) in [7, 11) is 0. The van der Waals surface area contributed by atoms with Gasteiger partial charge < -0.3 is 35.3 Å². The number of anilines is 1. The summed E-state index contributed by atoms with van der Waals surface area (Å²) in [5.74, 6) is -1.42. The second-order valence-electron chi connectivity index (χ2n) is 12.4. The zero-order valence-electron chi connectivity index (χ0n) is 31.0. The summed E-state index contributed by atoms with van der Waals surface area (Å²) in [6.45, 7) is 3.47. The minimum absolute atomic E-state index is 0.0404. The molecule has 0 aromatic heterocycles. The van der Waals surface area contributed by atoms with Gasteiger partial charge in [0.25, 0.3) is 11.6 Å². The standard InChI is InChI=1S/C41H43N5O11/c1-2-25-54-39(49)43-24-10-9-15-36(37(42)47)45(32-18-16-31(17-19-32)28-56-41(51)57-34-22-20-33(21-23-34)46(52)53)38(48)35(26-29-11-5-3-6-12-29)44-40(50)55-27-30-13-7-4-8-14-30/h2-8,11-14,16-23,35-36H,1,9-10,15,24-28H2,(H2,42,47)(H,43,49)(H,44,50)/t35-,36-/m0/s1. The number of primary amides is 1. The second-order valence-corrected chi connectivity index (χ2v) is 12.4. The van der Waals surface area contributed by atoms with E-state index in [0.29, 0.717) is 18.4 Å². The zero-order chi connectivity index (χ0) is 41.0. The first-order valence-electron chi connectivity index (χ1n) is 17.9. The fourth-order valence-corrected chi connectivity index (χ4v) is 5.48. The SMILES string of the molecule is C=CCOC(=O)NCCCC[C@@H](C(N)=O)N(C(=O)[C@H](Cc1ccccc1)NC(=O)OCc1ccccc1)c1ccc(COC(=O)Oc2ccc([N+](=O)[O-])cc2)cc1. The number of alkyl carbamates (subject to hydrolysis) is 2. The molecule has 0 bridgehead atoms. The van der Waals surface area contributed by atoms with Crippen molar-refractivity contribution in [2.24, 2.45) is 5.73 Å². The molecule has 4 aromatic rings. The molecule has 2 atom stereocenters. The van der Waals surface area contributed by atoms with Gasteiger partial charge in [0.15, 0.2) is 0 Å². The Balaban J connectivity index is 1.55. The summed E-state index contributed by atoms with van der Waals surface area (Å²) in [6, 6.07) is 26.7. The van der Waals surface area contributed by atoms with Crippen LogP contribution in [0.3, 0.4) is 0 Å². The smallest absolute Gasteiger partial charge is 0.445 e. The average Bonchev–Trinajstić information content (AvgIpc) is 3.21. The van der Waals surface area contributed by atoms with E-state index < -0.39 is 47.2 Å². The number of carbonyl (C=O) groups is 5. The fraction of sp³-hybridized carbons (Fsp3) is 0.244. The molecule has 0 radical (unpaired) electrons. The van der Waals surface area contributed by atoms with Gasteiger partial charge in [-0.25, -0.2) is 14.4 Å². The summed E-state index contributed by atoms with van der Waals surface area (Å²) in [5.41, 5.74) is 7.97. The number of unbranched alkanes of at least 4 members (excludes halogenated alkanes) is 1. The van der Waals surface area contributed by atoms with Gasteiger partial charge in [0.2, 0.25) is 5.91 Å². The second kappa shape index (κ2) is 22.2. The Kier molecular flexibility index (Phi) is 16.6. The monoisotopic (exact) mass is 781 g/mol. The Bertz CT molecular complexity index is 1960. The van der Waals surface area contributed by atoms with Crippen LogP contribution in [0.1, 0.15) is 36.0 Å². The Hall–Kier alpha value is -7.23. The molecule has 0 aliphatic rings. The van der Waals surface area contributed by atoms with Gasteiger partial charge in [-0.2, -0.15) is 0 Å². The number of nitrogens with zero attached hydrogens (tertiary/aromatic N) is 2. The van der Waals surface area contributed by atoms with Gasteiger partial charge in [-0.3, -0.25) is 24.6 Å². The van der Waals surface area contributed by atoms with Gasteiger partial charge in [0.1, 0.15) is 37.7 Å². The van der Waals surface area contributed by atoms with Crippen LogP contribution >= 0.6 is 0 Å². The van der Waals surface area contributed by atoms with Gasteiger partial charge in [-0.1, -0.05) is 85.5 Å². The van der Waals surface area contributed by atoms with Crippen molar-refractivity contribution < 1.29 is 47.8 Å². The molecule has 0 aliphatic carbocycles. The topological polar surface area (TPSA) is 219 Å². The number of nitro groups is 1. The number of carbonyl (C=O) groups excluding carboxylic acids is 5. The van der Waals surface area contributed by atoms with Crippen molar-refractivity contribution in [1.29, 1.82) is 0 Å². The number of rotatable bonds is 20. The summed E-state index contributed by atoms with van der Waals surface area (Å²) < 4.78 is 20.7. The van der Waals surface area contributed by atoms with Gasteiger partial charge >= 0.3 is 18.3 Å². The normalized spacial score (nSPS) is 11.5. The van der Waals surface area contributed by atoms with Crippen molar-refractivity contribution in [3.63, 3.8) is 0 Å². The molecule has 0 spiro atoms. The molecule has 16 heteroatoms. The van der Waals surface area contributed by atoms with Crippen LogP contribution in [-0.4, -0.2) is 60.3 Å². The largest absolute Gasteiger partial charge is 0.514 e. The van der Waals surface area contributed by atoms with Crippen molar-refractivity contribution >= 4 is 41.5 Å². The molecule has 0 aliphatic heterocycles. The molecule has 0 fully saturated rings. The number of nitrogens with one attached hydrogen (secondary N) is 2. The summed E-state index contributed by atoms with van der Waals surface area (Å²) in [6.07, 6.45) is -0.194.